The van der Waals surface area contributed by atoms with Crippen LogP contribution in [0.15, 0.2) is 64.2 Å². The molecule has 1 N–H and O–H groups in total. The van der Waals surface area contributed by atoms with E-state index < -0.39 is 0 Å². The number of aromatic nitrogens is 3. The maximum absolute atomic E-state index is 13.0. The number of halogens is 1. The van der Waals surface area contributed by atoms with E-state index >= 15 is 0 Å². The number of hydrogen-bond donors (Lipinski definition) is 1. The van der Waals surface area contributed by atoms with Gasteiger partial charge in [0.15, 0.2) is 0 Å². The van der Waals surface area contributed by atoms with Gasteiger partial charge in [-0.25, -0.2) is 4.98 Å². The minimum absolute atomic E-state index is 0.120. The van der Waals surface area contributed by atoms with E-state index in [1.807, 2.05) is 24.3 Å². The Morgan fingerprint density at radius 1 is 1.17 bits per heavy atom. The SMILES string of the molecule is CCc1ccc(NC(=O)CCn2cnc3onc(-c4ccccc4Cl)c3c2=O)cc1. The number of hydrogen-bond acceptors (Lipinski definition) is 5. The normalized spacial score (nSPS) is 11.0. The Bertz CT molecular complexity index is 1260. The van der Waals surface area contributed by atoms with Crippen LogP contribution in [0.4, 0.5) is 5.69 Å². The van der Waals surface area contributed by atoms with E-state index in [1.54, 1.807) is 24.3 Å². The Morgan fingerprint density at radius 2 is 1.93 bits per heavy atom. The van der Waals surface area contributed by atoms with Gasteiger partial charge in [-0.3, -0.25) is 14.2 Å². The van der Waals surface area contributed by atoms with Crippen molar-refractivity contribution >= 4 is 34.3 Å². The third kappa shape index (κ3) is 3.97. The summed E-state index contributed by atoms with van der Waals surface area (Å²) in [7, 11) is 0. The number of nitrogens with one attached hydrogen (secondary N) is 1. The minimum Gasteiger partial charge on any atom is -0.335 e. The molecule has 152 valence electrons. The van der Waals surface area contributed by atoms with Crippen LogP contribution < -0.4 is 10.9 Å². The van der Waals surface area contributed by atoms with Crippen molar-refractivity contribution in [3.63, 3.8) is 0 Å². The summed E-state index contributed by atoms with van der Waals surface area (Å²) in [5.74, 6) is -0.192. The molecule has 0 saturated carbocycles. The summed E-state index contributed by atoms with van der Waals surface area (Å²) in [5, 5.41) is 7.51. The Morgan fingerprint density at radius 3 is 2.67 bits per heavy atom. The van der Waals surface area contributed by atoms with Crippen molar-refractivity contribution in [2.24, 2.45) is 0 Å². The fraction of sp³-hybridized carbons (Fsp3) is 0.182. The summed E-state index contributed by atoms with van der Waals surface area (Å²) in [4.78, 5) is 29.4. The average Bonchev–Trinajstić information content (AvgIpc) is 3.19. The largest absolute Gasteiger partial charge is 0.335 e. The van der Waals surface area contributed by atoms with Gasteiger partial charge in [0.1, 0.15) is 17.4 Å². The second-order valence-corrected chi connectivity index (χ2v) is 7.19. The molecule has 2 heterocycles. The summed E-state index contributed by atoms with van der Waals surface area (Å²) in [6.07, 6.45) is 2.41. The summed E-state index contributed by atoms with van der Waals surface area (Å²) < 4.78 is 6.58. The second kappa shape index (κ2) is 8.51. The zero-order valence-corrected chi connectivity index (χ0v) is 17.0. The van der Waals surface area contributed by atoms with Crippen LogP contribution in [-0.4, -0.2) is 20.6 Å². The van der Waals surface area contributed by atoms with Crippen LogP contribution in [0.5, 0.6) is 0 Å². The molecule has 0 unspecified atom stereocenters. The van der Waals surface area contributed by atoms with Crippen LogP contribution in [0.2, 0.25) is 5.02 Å². The van der Waals surface area contributed by atoms with Crippen molar-refractivity contribution in [3.05, 3.63) is 75.8 Å². The molecule has 4 aromatic rings. The smallest absolute Gasteiger partial charge is 0.266 e. The van der Waals surface area contributed by atoms with E-state index in [2.05, 4.69) is 22.4 Å². The molecule has 30 heavy (non-hydrogen) atoms. The van der Waals surface area contributed by atoms with Gasteiger partial charge in [0.25, 0.3) is 11.3 Å². The van der Waals surface area contributed by atoms with Crippen molar-refractivity contribution in [2.45, 2.75) is 26.3 Å². The van der Waals surface area contributed by atoms with E-state index in [4.69, 9.17) is 16.1 Å². The van der Waals surface area contributed by atoms with Gasteiger partial charge >= 0.3 is 0 Å². The summed E-state index contributed by atoms with van der Waals surface area (Å²) >= 11 is 6.24. The molecule has 7 nitrogen and oxygen atoms in total. The molecular formula is C22H19ClN4O3. The van der Waals surface area contributed by atoms with E-state index in [-0.39, 0.29) is 35.5 Å². The molecule has 8 heteroatoms. The van der Waals surface area contributed by atoms with Crippen molar-refractivity contribution in [1.82, 2.24) is 14.7 Å². The van der Waals surface area contributed by atoms with E-state index in [9.17, 15) is 9.59 Å². The molecular weight excluding hydrogens is 404 g/mol. The quantitative estimate of drug-likeness (QED) is 0.500. The van der Waals surface area contributed by atoms with E-state index in [0.717, 1.165) is 12.1 Å². The lowest BCUT2D eigenvalue weighted by Gasteiger charge is -2.07. The van der Waals surface area contributed by atoms with Gasteiger partial charge < -0.3 is 9.84 Å². The van der Waals surface area contributed by atoms with Crippen LogP contribution in [-0.2, 0) is 17.8 Å². The average molecular weight is 423 g/mol. The lowest BCUT2D eigenvalue weighted by atomic mass is 10.1. The molecule has 0 fully saturated rings. The number of carbonyl (C=O) groups excluding carboxylic acids is 1. The summed E-state index contributed by atoms with van der Waals surface area (Å²) in [5.41, 5.74) is 2.63. The van der Waals surface area contributed by atoms with Gasteiger partial charge in [0.05, 0.1) is 5.02 Å². The van der Waals surface area contributed by atoms with E-state index in [0.29, 0.717) is 16.3 Å². The first-order valence-electron chi connectivity index (χ1n) is 9.55. The second-order valence-electron chi connectivity index (χ2n) is 6.78. The molecule has 0 radical (unpaired) electrons. The van der Waals surface area contributed by atoms with Crippen molar-refractivity contribution < 1.29 is 9.32 Å². The predicted octanol–water partition coefficient (Wildman–Crippen LogP) is 4.30. The monoisotopic (exact) mass is 422 g/mol. The molecule has 0 aliphatic rings. The number of carbonyl (C=O) groups is 1. The van der Waals surface area contributed by atoms with Crippen LogP contribution in [0, 0.1) is 0 Å². The first-order valence-corrected chi connectivity index (χ1v) is 9.93. The molecule has 0 aliphatic heterocycles. The van der Waals surface area contributed by atoms with Gasteiger partial charge in [-0.2, -0.15) is 0 Å². The standard InChI is InChI=1S/C22H19ClN4O3/c1-2-14-7-9-15(10-8-14)25-18(28)11-12-27-13-24-21-19(22(27)29)20(26-30-21)16-5-3-4-6-17(16)23/h3-10,13H,2,11-12H2,1H3,(H,25,28). The first kappa shape index (κ1) is 19.8. The molecule has 0 atom stereocenters. The minimum atomic E-state index is -0.337. The van der Waals surface area contributed by atoms with E-state index in [1.165, 1.54) is 16.5 Å². The number of aryl methyl sites for hydroxylation is 2. The number of rotatable bonds is 6. The Labute approximate surface area is 177 Å². The highest BCUT2D eigenvalue weighted by Crippen LogP contribution is 2.30. The van der Waals surface area contributed by atoms with Gasteiger partial charge in [-0.15, -0.1) is 0 Å². The van der Waals surface area contributed by atoms with Crippen molar-refractivity contribution in [3.8, 4) is 11.3 Å². The fourth-order valence-electron chi connectivity index (χ4n) is 3.15. The molecule has 1 amide bonds. The highest BCUT2D eigenvalue weighted by Gasteiger charge is 2.19. The Hall–Kier alpha value is -3.45. The van der Waals surface area contributed by atoms with Crippen LogP contribution in [0.3, 0.4) is 0 Å². The zero-order chi connectivity index (χ0) is 21.1. The maximum Gasteiger partial charge on any atom is 0.266 e. The molecule has 0 bridgehead atoms. The highest BCUT2D eigenvalue weighted by atomic mass is 35.5. The lowest BCUT2D eigenvalue weighted by Crippen LogP contribution is -2.23. The highest BCUT2D eigenvalue weighted by molar-refractivity contribution is 6.33. The topological polar surface area (TPSA) is 90.0 Å². The predicted molar refractivity (Wildman–Crippen MR) is 116 cm³/mol. The molecule has 0 spiro atoms. The number of amides is 1. The van der Waals surface area contributed by atoms with Crippen LogP contribution >= 0.6 is 11.6 Å². The maximum atomic E-state index is 13.0. The van der Waals surface area contributed by atoms with Crippen molar-refractivity contribution in [2.75, 3.05) is 5.32 Å². The number of nitrogens with zero attached hydrogens (tertiary/aromatic N) is 3. The Kier molecular flexibility index (Phi) is 5.63. The molecule has 2 aromatic carbocycles. The first-order chi connectivity index (χ1) is 14.6. The molecule has 0 saturated heterocycles. The summed E-state index contributed by atoms with van der Waals surface area (Å²) in [6.45, 7) is 2.25. The summed E-state index contributed by atoms with van der Waals surface area (Å²) in [6, 6.07) is 14.7. The molecule has 4 rings (SSSR count). The van der Waals surface area contributed by atoms with Gasteiger partial charge in [0, 0.05) is 24.2 Å². The van der Waals surface area contributed by atoms with Crippen LogP contribution in [0.25, 0.3) is 22.4 Å². The Balaban J connectivity index is 1.54. The lowest BCUT2D eigenvalue weighted by molar-refractivity contribution is -0.116. The third-order valence-corrected chi connectivity index (χ3v) is 5.15. The molecule has 0 aliphatic carbocycles. The van der Waals surface area contributed by atoms with Gasteiger partial charge in [0.2, 0.25) is 5.91 Å². The fourth-order valence-corrected chi connectivity index (χ4v) is 3.37. The van der Waals surface area contributed by atoms with Gasteiger partial charge in [-0.1, -0.05) is 54.0 Å². The zero-order valence-electron chi connectivity index (χ0n) is 16.3. The van der Waals surface area contributed by atoms with Crippen molar-refractivity contribution in [1.29, 1.82) is 0 Å². The van der Waals surface area contributed by atoms with Crippen LogP contribution in [0.1, 0.15) is 18.9 Å². The third-order valence-electron chi connectivity index (χ3n) is 4.82. The number of benzene rings is 2. The molecule has 2 aromatic heterocycles. The number of fused-ring (bicyclic) bond motifs is 1. The number of anilines is 1. The van der Waals surface area contributed by atoms with Gasteiger partial charge in [-0.05, 0) is 30.2 Å².